The number of ether oxygens (including phenoxy) is 4. The molecule has 3 N–H and O–H groups in total. The van der Waals surface area contributed by atoms with Crippen LogP contribution in [-0.2, 0) is 28.6 Å². The van der Waals surface area contributed by atoms with Gasteiger partial charge in [0.05, 0.1) is 37.6 Å². The Labute approximate surface area is 238 Å². The zero-order chi connectivity index (χ0) is 30.4. The highest BCUT2D eigenvalue weighted by Gasteiger charge is 2.44. The Kier molecular flexibility index (Phi) is 13.2. The van der Waals surface area contributed by atoms with E-state index in [0.29, 0.717) is 19.4 Å². The van der Waals surface area contributed by atoms with E-state index in [2.05, 4.69) is 16.0 Å². The van der Waals surface area contributed by atoms with Crippen LogP contribution in [0, 0.1) is 0 Å². The molecule has 0 bridgehead atoms. The van der Waals surface area contributed by atoms with Crippen LogP contribution in [0.3, 0.4) is 0 Å². The zero-order valence-corrected chi connectivity index (χ0v) is 23.8. The molecule has 14 heteroatoms. The Balaban J connectivity index is 1.72. The molecule has 1 unspecified atom stereocenters. The van der Waals surface area contributed by atoms with Crippen LogP contribution in [-0.4, -0.2) is 106 Å². The molecule has 1 aromatic rings. The van der Waals surface area contributed by atoms with E-state index in [1.54, 1.807) is 20.8 Å². The van der Waals surface area contributed by atoms with Crippen molar-refractivity contribution in [3.8, 4) is 5.75 Å². The quantitative estimate of drug-likeness (QED) is 0.133. The van der Waals surface area contributed by atoms with Crippen LogP contribution in [0.4, 0.5) is 4.79 Å². The number of hydrogen-bond acceptors (Lipinski definition) is 10. The smallest absolute Gasteiger partial charge is 0.407 e. The van der Waals surface area contributed by atoms with Crippen molar-refractivity contribution < 1.29 is 47.7 Å². The maximum atomic E-state index is 13.1. The number of fused-ring (bicyclic) bond motifs is 1. The molecule has 226 valence electrons. The van der Waals surface area contributed by atoms with E-state index in [1.165, 1.54) is 25.2 Å². The van der Waals surface area contributed by atoms with Crippen LogP contribution in [0.15, 0.2) is 18.2 Å². The van der Waals surface area contributed by atoms with Crippen LogP contribution < -0.4 is 20.7 Å². The molecule has 0 spiro atoms. The summed E-state index contributed by atoms with van der Waals surface area (Å²) in [6.45, 7) is 6.48. The summed E-state index contributed by atoms with van der Waals surface area (Å²) in [5.41, 5.74) is -0.569. The molecular formula is C27H38N4O10. The summed E-state index contributed by atoms with van der Waals surface area (Å²) in [6, 6.07) is 3.23. The number of carbonyl (C=O) groups is 6. The summed E-state index contributed by atoms with van der Waals surface area (Å²) in [7, 11) is 1.37. The largest absolute Gasteiger partial charge is 0.483 e. The van der Waals surface area contributed by atoms with E-state index in [1.807, 2.05) is 0 Å². The fourth-order valence-corrected chi connectivity index (χ4v) is 3.76. The normalized spacial score (nSPS) is 13.3. The number of aldehydes is 1. The van der Waals surface area contributed by atoms with Crippen molar-refractivity contribution in [1.29, 1.82) is 0 Å². The Morgan fingerprint density at radius 1 is 0.976 bits per heavy atom. The van der Waals surface area contributed by atoms with Crippen molar-refractivity contribution in [2.24, 2.45) is 0 Å². The molecule has 1 atom stereocenters. The second-order valence-corrected chi connectivity index (χ2v) is 9.83. The first-order valence-electron chi connectivity index (χ1n) is 13.2. The third-order valence-electron chi connectivity index (χ3n) is 5.54. The minimum Gasteiger partial charge on any atom is -0.483 e. The van der Waals surface area contributed by atoms with Crippen molar-refractivity contribution >= 4 is 36.0 Å². The fraction of sp³-hybridized carbons (Fsp3) is 0.556. The van der Waals surface area contributed by atoms with Gasteiger partial charge in [0.2, 0.25) is 5.91 Å². The van der Waals surface area contributed by atoms with Crippen molar-refractivity contribution in [3.05, 3.63) is 29.3 Å². The lowest BCUT2D eigenvalue weighted by Crippen LogP contribution is -2.48. The Hall–Kier alpha value is -4.04. The van der Waals surface area contributed by atoms with Gasteiger partial charge in [-0.3, -0.25) is 24.1 Å². The molecule has 0 saturated carbocycles. The highest BCUT2D eigenvalue weighted by molar-refractivity contribution is 6.24. The molecule has 41 heavy (non-hydrogen) atoms. The molecule has 0 radical (unpaired) electrons. The minimum absolute atomic E-state index is 0.0148. The SMILES string of the molecule is CNC(=O)C(CCC=O)N1C(=O)c2cccc(OCC(=O)NCCOCCOCCNC(=O)OC(C)(C)C)c2C1=O. The van der Waals surface area contributed by atoms with Crippen LogP contribution in [0.25, 0.3) is 0 Å². The molecule has 1 heterocycles. The number of alkyl carbamates (subject to hydrolysis) is 1. The van der Waals surface area contributed by atoms with Crippen molar-refractivity contribution in [2.75, 3.05) is 53.2 Å². The van der Waals surface area contributed by atoms with Gasteiger partial charge in [0, 0.05) is 26.6 Å². The number of likely N-dealkylation sites (N-methyl/N-ethyl adjacent to an activating group) is 1. The highest BCUT2D eigenvalue weighted by Crippen LogP contribution is 2.33. The van der Waals surface area contributed by atoms with Gasteiger partial charge < -0.3 is 39.7 Å². The van der Waals surface area contributed by atoms with Gasteiger partial charge in [-0.2, -0.15) is 0 Å². The number of nitrogens with one attached hydrogen (secondary N) is 3. The monoisotopic (exact) mass is 578 g/mol. The average molecular weight is 579 g/mol. The van der Waals surface area contributed by atoms with Gasteiger partial charge in [0.1, 0.15) is 23.7 Å². The molecule has 14 nitrogen and oxygen atoms in total. The van der Waals surface area contributed by atoms with E-state index < -0.39 is 48.0 Å². The predicted molar refractivity (Wildman–Crippen MR) is 144 cm³/mol. The Morgan fingerprint density at radius 3 is 2.24 bits per heavy atom. The third kappa shape index (κ3) is 10.5. The minimum atomic E-state index is -1.16. The Bertz CT molecular complexity index is 1100. The lowest BCUT2D eigenvalue weighted by Gasteiger charge is -2.24. The summed E-state index contributed by atoms with van der Waals surface area (Å²) in [5, 5.41) is 7.60. The average Bonchev–Trinajstić information content (AvgIpc) is 3.17. The summed E-state index contributed by atoms with van der Waals surface area (Å²) < 4.78 is 21.4. The first-order chi connectivity index (χ1) is 19.5. The van der Waals surface area contributed by atoms with E-state index in [0.717, 1.165) is 4.90 Å². The van der Waals surface area contributed by atoms with Crippen molar-refractivity contribution in [2.45, 2.75) is 45.3 Å². The van der Waals surface area contributed by atoms with Crippen LogP contribution in [0.2, 0.25) is 0 Å². The second-order valence-electron chi connectivity index (χ2n) is 9.83. The van der Waals surface area contributed by atoms with Gasteiger partial charge >= 0.3 is 6.09 Å². The van der Waals surface area contributed by atoms with Gasteiger partial charge in [-0.1, -0.05) is 6.07 Å². The maximum absolute atomic E-state index is 13.1. The maximum Gasteiger partial charge on any atom is 0.407 e. The highest BCUT2D eigenvalue weighted by atomic mass is 16.6. The molecule has 0 saturated heterocycles. The van der Waals surface area contributed by atoms with E-state index in [-0.39, 0.29) is 56.1 Å². The molecule has 1 aliphatic heterocycles. The van der Waals surface area contributed by atoms with E-state index in [4.69, 9.17) is 18.9 Å². The van der Waals surface area contributed by atoms with Crippen LogP contribution in [0.1, 0.15) is 54.3 Å². The topological polar surface area (TPSA) is 179 Å². The molecule has 5 amide bonds. The van der Waals surface area contributed by atoms with Gasteiger partial charge in [-0.15, -0.1) is 0 Å². The van der Waals surface area contributed by atoms with Crippen molar-refractivity contribution in [3.63, 3.8) is 0 Å². The standard InChI is InChI=1S/C27H38N4O10/c1-27(2,3)41-26(37)30-11-14-39-16-15-38-13-10-29-21(33)17-40-20-9-5-7-18-22(20)25(36)31(24(18)35)19(8-6-12-32)23(34)28-4/h5,7,9,12,19H,6,8,10-11,13-17H2,1-4H3,(H,28,34)(H,29,33)(H,30,37). The van der Waals surface area contributed by atoms with E-state index >= 15 is 0 Å². The number of imide groups is 1. The number of amides is 5. The van der Waals surface area contributed by atoms with Crippen LogP contribution in [0.5, 0.6) is 5.75 Å². The number of rotatable bonds is 17. The molecule has 0 aromatic heterocycles. The summed E-state index contributed by atoms with van der Waals surface area (Å²) in [5.74, 6) is -2.44. The van der Waals surface area contributed by atoms with Gasteiger partial charge in [0.15, 0.2) is 6.61 Å². The van der Waals surface area contributed by atoms with Gasteiger partial charge in [-0.25, -0.2) is 4.79 Å². The molecule has 1 aromatic carbocycles. The Morgan fingerprint density at radius 2 is 1.63 bits per heavy atom. The first-order valence-corrected chi connectivity index (χ1v) is 13.2. The third-order valence-corrected chi connectivity index (χ3v) is 5.54. The predicted octanol–water partition coefficient (Wildman–Crippen LogP) is 0.429. The van der Waals surface area contributed by atoms with Gasteiger partial charge in [0.25, 0.3) is 17.7 Å². The van der Waals surface area contributed by atoms with E-state index in [9.17, 15) is 28.8 Å². The summed E-state index contributed by atoms with van der Waals surface area (Å²) in [6.07, 6.45) is 0.0532. The lowest BCUT2D eigenvalue weighted by atomic mass is 10.1. The van der Waals surface area contributed by atoms with Gasteiger partial charge in [-0.05, 0) is 39.3 Å². The summed E-state index contributed by atoms with van der Waals surface area (Å²) >= 11 is 0. The zero-order valence-electron chi connectivity index (χ0n) is 23.8. The number of carbonyl (C=O) groups excluding carboxylic acids is 6. The number of benzene rings is 1. The fourth-order valence-electron chi connectivity index (χ4n) is 3.76. The first kappa shape index (κ1) is 33.2. The van der Waals surface area contributed by atoms with Crippen molar-refractivity contribution in [1.82, 2.24) is 20.9 Å². The van der Waals surface area contributed by atoms with Crippen LogP contribution >= 0.6 is 0 Å². The summed E-state index contributed by atoms with van der Waals surface area (Å²) in [4.78, 5) is 73.8. The molecular weight excluding hydrogens is 540 g/mol. The lowest BCUT2D eigenvalue weighted by molar-refractivity contribution is -0.125. The second kappa shape index (κ2) is 16.3. The molecule has 0 aliphatic carbocycles. The molecule has 2 rings (SSSR count). The number of hydrogen-bond donors (Lipinski definition) is 3. The number of nitrogens with zero attached hydrogens (tertiary/aromatic N) is 1. The molecule has 1 aliphatic rings. The molecule has 0 fully saturated rings.